The molecule has 4 aromatic rings. The first-order chi connectivity index (χ1) is 22.2. The molecule has 45 heavy (non-hydrogen) atoms. The molecule has 2 N–H and O–H groups in total. The molecule has 0 fully saturated rings. The van der Waals surface area contributed by atoms with Crippen LogP contribution >= 0.6 is 0 Å². The average Bonchev–Trinajstić information content (AvgIpc) is 3.66. The quantitative estimate of drug-likeness (QED) is 0.0744. The van der Waals surface area contributed by atoms with E-state index >= 15 is 0 Å². The normalized spacial score (nSPS) is 11.7. The molecule has 3 aromatic heterocycles. The van der Waals surface area contributed by atoms with Gasteiger partial charge in [-0.15, -0.1) is 5.10 Å². The summed E-state index contributed by atoms with van der Waals surface area (Å²) < 4.78 is 3.90. The number of pyridine rings is 1. The number of hydrogen-bond acceptors (Lipinski definition) is 6. The maximum Gasteiger partial charge on any atom is 0.152 e. The fraction of sp³-hybridized carbons (Fsp3) is 0.676. The molecule has 0 aliphatic heterocycles. The molecule has 8 heteroatoms. The first-order valence-electron chi connectivity index (χ1n) is 18.3. The van der Waals surface area contributed by atoms with Gasteiger partial charge in [-0.05, 0) is 38.2 Å². The third-order valence-electron chi connectivity index (χ3n) is 8.92. The number of anilines is 1. The Labute approximate surface area is 271 Å². The van der Waals surface area contributed by atoms with Crippen LogP contribution < -0.4 is 10.6 Å². The number of aryl methyl sites for hydroxylation is 3. The Morgan fingerprint density at radius 2 is 1.33 bits per heavy atom. The summed E-state index contributed by atoms with van der Waals surface area (Å²) >= 11 is 0. The lowest BCUT2D eigenvalue weighted by Crippen LogP contribution is -2.16. The minimum atomic E-state index is 0.454. The highest BCUT2D eigenvalue weighted by molar-refractivity contribution is 6.06. The summed E-state index contributed by atoms with van der Waals surface area (Å²) in [7, 11) is 0. The van der Waals surface area contributed by atoms with Gasteiger partial charge in [0.1, 0.15) is 23.5 Å². The molecule has 0 aliphatic rings. The number of aromatic nitrogens is 6. The van der Waals surface area contributed by atoms with Crippen LogP contribution in [-0.4, -0.2) is 36.3 Å². The van der Waals surface area contributed by atoms with Gasteiger partial charge in [-0.1, -0.05) is 134 Å². The lowest BCUT2D eigenvalue weighted by atomic mass is 10.0. The van der Waals surface area contributed by atoms with Crippen molar-refractivity contribution in [2.45, 2.75) is 155 Å². The van der Waals surface area contributed by atoms with Gasteiger partial charge in [0, 0.05) is 24.5 Å². The van der Waals surface area contributed by atoms with Crippen molar-refractivity contribution in [2.24, 2.45) is 0 Å². The number of imidazole rings is 1. The van der Waals surface area contributed by atoms with E-state index in [1.54, 1.807) is 0 Å². The zero-order valence-corrected chi connectivity index (χ0v) is 28.3. The predicted octanol–water partition coefficient (Wildman–Crippen LogP) is 9.42. The molecule has 8 nitrogen and oxygen atoms in total. The van der Waals surface area contributed by atoms with Gasteiger partial charge in [-0.2, -0.15) is 4.73 Å². The molecule has 0 unspecified atom stereocenters. The molecule has 3 heterocycles. The van der Waals surface area contributed by atoms with Gasteiger partial charge >= 0.3 is 0 Å². The number of para-hydroxylation sites is 1. The van der Waals surface area contributed by atoms with Gasteiger partial charge in [0.2, 0.25) is 0 Å². The molecular formula is C37H59N7O. The highest BCUT2D eigenvalue weighted by Crippen LogP contribution is 2.28. The minimum Gasteiger partial charge on any atom is -0.412 e. The van der Waals surface area contributed by atoms with Crippen LogP contribution in [0.5, 0.6) is 0 Å². The van der Waals surface area contributed by atoms with Crippen molar-refractivity contribution >= 4 is 27.8 Å². The number of nitrogens with zero attached hydrogens (tertiary/aromatic N) is 6. The fourth-order valence-electron chi connectivity index (χ4n) is 6.23. The number of nitrogen functional groups attached to an aromatic ring is 1. The van der Waals surface area contributed by atoms with Crippen molar-refractivity contribution in [3.63, 3.8) is 0 Å². The van der Waals surface area contributed by atoms with Gasteiger partial charge < -0.3 is 10.6 Å². The fourth-order valence-corrected chi connectivity index (χ4v) is 6.23. The molecule has 0 saturated heterocycles. The SMILES string of the molecule is CCCCCCCCCCCCCCCCCc1cn(CCCCOn2c(CCCC)nc3c(N)nc4ccccc4c32)nn1. The maximum atomic E-state index is 6.36. The zero-order valence-electron chi connectivity index (χ0n) is 28.3. The number of nitrogens with two attached hydrogens (primary N) is 1. The summed E-state index contributed by atoms with van der Waals surface area (Å²) in [6.07, 6.45) is 28.9. The van der Waals surface area contributed by atoms with Crippen molar-refractivity contribution in [3.05, 3.63) is 42.0 Å². The Morgan fingerprint density at radius 1 is 0.689 bits per heavy atom. The topological polar surface area (TPSA) is 96.7 Å². The predicted molar refractivity (Wildman–Crippen MR) is 187 cm³/mol. The monoisotopic (exact) mass is 617 g/mol. The van der Waals surface area contributed by atoms with Crippen LogP contribution in [0.4, 0.5) is 5.82 Å². The summed E-state index contributed by atoms with van der Waals surface area (Å²) in [5.41, 5.74) is 9.93. The molecule has 1 aromatic carbocycles. The van der Waals surface area contributed by atoms with E-state index in [4.69, 9.17) is 15.6 Å². The first kappa shape index (κ1) is 34.7. The Hall–Kier alpha value is -3.16. The minimum absolute atomic E-state index is 0.454. The third-order valence-corrected chi connectivity index (χ3v) is 8.92. The number of rotatable bonds is 25. The van der Waals surface area contributed by atoms with E-state index in [2.05, 4.69) is 41.4 Å². The largest absolute Gasteiger partial charge is 0.412 e. The van der Waals surface area contributed by atoms with Crippen LogP contribution in [0.1, 0.15) is 147 Å². The van der Waals surface area contributed by atoms with Crippen LogP contribution in [-0.2, 0) is 19.4 Å². The standard InChI is InChI=1S/C37H59N7O/c1-3-5-7-8-9-10-11-12-13-14-15-16-17-18-19-24-31-30-43(42-41-31)28-22-23-29-45-44-34(27-6-4-2)40-35-36(44)32-25-20-21-26-33(32)39-37(35)38/h20-21,25-26,30H,3-19,22-24,27-29H2,1-2H3,(H2,38,39). The number of fused-ring (bicyclic) bond motifs is 3. The van der Waals surface area contributed by atoms with E-state index in [0.29, 0.717) is 12.4 Å². The molecule has 248 valence electrons. The molecule has 0 atom stereocenters. The van der Waals surface area contributed by atoms with E-state index in [9.17, 15) is 0 Å². The second-order valence-corrected chi connectivity index (χ2v) is 12.9. The lowest BCUT2D eigenvalue weighted by molar-refractivity contribution is 0.108. The highest BCUT2D eigenvalue weighted by Gasteiger charge is 2.18. The molecule has 0 aliphatic carbocycles. The molecular weight excluding hydrogens is 558 g/mol. The summed E-state index contributed by atoms with van der Waals surface area (Å²) in [5, 5.41) is 9.81. The van der Waals surface area contributed by atoms with Crippen molar-refractivity contribution in [3.8, 4) is 0 Å². The van der Waals surface area contributed by atoms with Gasteiger partial charge in [0.25, 0.3) is 0 Å². The van der Waals surface area contributed by atoms with Crippen molar-refractivity contribution in [1.82, 2.24) is 29.7 Å². The summed E-state index contributed by atoms with van der Waals surface area (Å²) in [4.78, 5) is 15.8. The van der Waals surface area contributed by atoms with Crippen LogP contribution in [0, 0.1) is 0 Å². The third kappa shape index (κ3) is 11.3. The van der Waals surface area contributed by atoms with Crippen molar-refractivity contribution in [1.29, 1.82) is 0 Å². The Morgan fingerprint density at radius 3 is 2.02 bits per heavy atom. The van der Waals surface area contributed by atoms with Crippen LogP contribution in [0.15, 0.2) is 30.5 Å². The van der Waals surface area contributed by atoms with Crippen LogP contribution in [0.3, 0.4) is 0 Å². The molecule has 0 spiro atoms. The second kappa shape index (κ2) is 20.1. The average molecular weight is 618 g/mol. The zero-order chi connectivity index (χ0) is 31.5. The van der Waals surface area contributed by atoms with Gasteiger partial charge in [0.05, 0.1) is 11.2 Å². The lowest BCUT2D eigenvalue weighted by Gasteiger charge is -2.12. The maximum absolute atomic E-state index is 6.36. The van der Waals surface area contributed by atoms with Gasteiger partial charge in [0.15, 0.2) is 5.82 Å². The molecule has 0 saturated carbocycles. The van der Waals surface area contributed by atoms with E-state index in [1.165, 1.54) is 96.3 Å². The van der Waals surface area contributed by atoms with E-state index < -0.39 is 0 Å². The molecule has 4 rings (SSSR count). The van der Waals surface area contributed by atoms with Gasteiger partial charge in [-0.3, -0.25) is 4.68 Å². The van der Waals surface area contributed by atoms with Gasteiger partial charge in [-0.25, -0.2) is 9.97 Å². The smallest absolute Gasteiger partial charge is 0.152 e. The molecule has 0 amide bonds. The van der Waals surface area contributed by atoms with E-state index in [0.717, 1.165) is 78.5 Å². The van der Waals surface area contributed by atoms with Crippen molar-refractivity contribution in [2.75, 3.05) is 12.3 Å². The highest BCUT2D eigenvalue weighted by atomic mass is 16.7. The van der Waals surface area contributed by atoms with E-state index in [1.807, 2.05) is 27.6 Å². The summed E-state index contributed by atoms with van der Waals surface area (Å²) in [6, 6.07) is 8.06. The van der Waals surface area contributed by atoms with E-state index in [-0.39, 0.29) is 0 Å². The number of benzene rings is 1. The van der Waals surface area contributed by atoms with Crippen molar-refractivity contribution < 1.29 is 4.84 Å². The number of unbranched alkanes of at least 4 members (excludes halogenated alkanes) is 16. The molecule has 0 radical (unpaired) electrons. The Balaban J connectivity index is 1.09. The number of hydrogen-bond donors (Lipinski definition) is 1. The second-order valence-electron chi connectivity index (χ2n) is 12.9. The molecule has 0 bridgehead atoms. The Bertz CT molecular complexity index is 1380. The Kier molecular flexibility index (Phi) is 15.5. The van der Waals surface area contributed by atoms with Crippen LogP contribution in [0.25, 0.3) is 21.9 Å². The van der Waals surface area contributed by atoms with Crippen LogP contribution in [0.2, 0.25) is 0 Å². The first-order valence-corrected chi connectivity index (χ1v) is 18.3. The summed E-state index contributed by atoms with van der Waals surface area (Å²) in [6.45, 7) is 5.93. The summed E-state index contributed by atoms with van der Waals surface area (Å²) in [5.74, 6) is 1.37.